The molecule has 1 aliphatic rings. The summed E-state index contributed by atoms with van der Waals surface area (Å²) in [5.74, 6) is 1.69. The van der Waals surface area contributed by atoms with Crippen molar-refractivity contribution in [2.24, 2.45) is 11.8 Å². The first-order valence-electron chi connectivity index (χ1n) is 6.84. The molecule has 1 saturated heterocycles. The highest BCUT2D eigenvalue weighted by molar-refractivity contribution is 4.88. The van der Waals surface area contributed by atoms with Gasteiger partial charge in [0.2, 0.25) is 0 Å². The molecule has 0 spiro atoms. The standard InChI is InChI=1S/C14H30N2/c1-7-15-14(5,6)10-16-9-11(2)8-12(3)13(16)4/h11-13,15H,7-10H2,1-6H3. The Balaban J connectivity index is 2.57. The molecular formula is C14H30N2. The van der Waals surface area contributed by atoms with Crippen LogP contribution in [0.25, 0.3) is 0 Å². The van der Waals surface area contributed by atoms with Crippen LogP contribution in [0.4, 0.5) is 0 Å². The summed E-state index contributed by atoms with van der Waals surface area (Å²) in [6, 6.07) is 0.731. The first-order valence-corrected chi connectivity index (χ1v) is 6.84. The van der Waals surface area contributed by atoms with Crippen LogP contribution in [0.1, 0.15) is 48.0 Å². The van der Waals surface area contributed by atoms with Gasteiger partial charge >= 0.3 is 0 Å². The van der Waals surface area contributed by atoms with Crippen LogP contribution in [0, 0.1) is 11.8 Å². The third kappa shape index (κ3) is 3.74. The minimum Gasteiger partial charge on any atom is -0.311 e. The van der Waals surface area contributed by atoms with Crippen LogP contribution >= 0.6 is 0 Å². The predicted molar refractivity (Wildman–Crippen MR) is 71.7 cm³/mol. The zero-order valence-electron chi connectivity index (χ0n) is 12.0. The fourth-order valence-electron chi connectivity index (χ4n) is 3.08. The van der Waals surface area contributed by atoms with Crippen LogP contribution in [0.2, 0.25) is 0 Å². The van der Waals surface area contributed by atoms with Crippen molar-refractivity contribution in [1.82, 2.24) is 10.2 Å². The number of hydrogen-bond acceptors (Lipinski definition) is 2. The molecule has 3 unspecified atom stereocenters. The highest BCUT2D eigenvalue weighted by Crippen LogP contribution is 2.27. The van der Waals surface area contributed by atoms with Crippen LogP contribution in [0.5, 0.6) is 0 Å². The van der Waals surface area contributed by atoms with Gasteiger partial charge in [-0.2, -0.15) is 0 Å². The molecule has 0 aliphatic carbocycles. The second-order valence-electron chi connectivity index (χ2n) is 6.40. The number of nitrogens with zero attached hydrogens (tertiary/aromatic N) is 1. The number of nitrogens with one attached hydrogen (secondary N) is 1. The Labute approximate surface area is 102 Å². The fourth-order valence-corrected chi connectivity index (χ4v) is 3.08. The minimum absolute atomic E-state index is 0.236. The van der Waals surface area contributed by atoms with Crippen LogP contribution in [0.3, 0.4) is 0 Å². The number of likely N-dealkylation sites (N-methyl/N-ethyl adjacent to an activating group) is 1. The van der Waals surface area contributed by atoms with Gasteiger partial charge in [-0.1, -0.05) is 20.8 Å². The van der Waals surface area contributed by atoms with Gasteiger partial charge in [-0.25, -0.2) is 0 Å². The number of piperidine rings is 1. The van der Waals surface area contributed by atoms with Gasteiger partial charge in [-0.15, -0.1) is 0 Å². The minimum atomic E-state index is 0.236. The van der Waals surface area contributed by atoms with Crippen LogP contribution in [0.15, 0.2) is 0 Å². The van der Waals surface area contributed by atoms with E-state index >= 15 is 0 Å². The van der Waals surface area contributed by atoms with Crippen LogP contribution in [-0.2, 0) is 0 Å². The molecular weight excluding hydrogens is 196 g/mol. The lowest BCUT2D eigenvalue weighted by molar-refractivity contribution is 0.0573. The summed E-state index contributed by atoms with van der Waals surface area (Å²) >= 11 is 0. The van der Waals surface area contributed by atoms with E-state index in [-0.39, 0.29) is 5.54 Å². The Morgan fingerprint density at radius 2 is 1.88 bits per heavy atom. The molecule has 1 rings (SSSR count). The van der Waals surface area contributed by atoms with E-state index in [9.17, 15) is 0 Å². The van der Waals surface area contributed by atoms with E-state index in [0.717, 1.165) is 31.0 Å². The lowest BCUT2D eigenvalue weighted by atomic mass is 9.85. The van der Waals surface area contributed by atoms with Crippen molar-refractivity contribution < 1.29 is 0 Å². The number of likely N-dealkylation sites (tertiary alicyclic amines) is 1. The van der Waals surface area contributed by atoms with Gasteiger partial charge in [0.25, 0.3) is 0 Å². The second kappa shape index (κ2) is 5.50. The summed E-state index contributed by atoms with van der Waals surface area (Å²) in [6.45, 7) is 17.5. The lowest BCUT2D eigenvalue weighted by Crippen LogP contribution is -2.55. The van der Waals surface area contributed by atoms with Gasteiger partial charge in [0.05, 0.1) is 0 Å². The van der Waals surface area contributed by atoms with Crippen molar-refractivity contribution in [2.45, 2.75) is 59.5 Å². The quantitative estimate of drug-likeness (QED) is 0.793. The van der Waals surface area contributed by atoms with Gasteiger partial charge in [-0.3, -0.25) is 4.90 Å². The summed E-state index contributed by atoms with van der Waals surface area (Å²) in [6.07, 6.45) is 1.39. The first-order chi connectivity index (χ1) is 7.35. The topological polar surface area (TPSA) is 15.3 Å². The monoisotopic (exact) mass is 226 g/mol. The maximum absolute atomic E-state index is 3.58. The van der Waals surface area contributed by atoms with E-state index in [1.54, 1.807) is 0 Å². The fraction of sp³-hybridized carbons (Fsp3) is 1.00. The Hall–Kier alpha value is -0.0800. The van der Waals surface area contributed by atoms with Gasteiger partial charge in [0.1, 0.15) is 0 Å². The van der Waals surface area contributed by atoms with Crippen molar-refractivity contribution >= 4 is 0 Å². The highest BCUT2D eigenvalue weighted by Gasteiger charge is 2.31. The molecule has 0 amide bonds. The Bertz CT molecular complexity index is 213. The molecule has 1 aliphatic heterocycles. The van der Waals surface area contributed by atoms with Crippen LogP contribution in [-0.4, -0.2) is 36.1 Å². The van der Waals surface area contributed by atoms with Crippen molar-refractivity contribution in [2.75, 3.05) is 19.6 Å². The molecule has 2 heteroatoms. The normalized spacial score (nSPS) is 33.0. The lowest BCUT2D eigenvalue weighted by Gasteiger charge is -2.44. The SMILES string of the molecule is CCNC(C)(C)CN1CC(C)CC(C)C1C. The summed E-state index contributed by atoms with van der Waals surface area (Å²) in [5.41, 5.74) is 0.236. The van der Waals surface area contributed by atoms with Gasteiger partial charge < -0.3 is 5.32 Å². The highest BCUT2D eigenvalue weighted by atomic mass is 15.2. The smallest absolute Gasteiger partial charge is 0.0252 e. The average molecular weight is 226 g/mol. The summed E-state index contributed by atoms with van der Waals surface area (Å²) in [4.78, 5) is 2.67. The van der Waals surface area contributed by atoms with Crippen LogP contribution < -0.4 is 5.32 Å². The molecule has 2 nitrogen and oxygen atoms in total. The molecule has 1 N–H and O–H groups in total. The zero-order chi connectivity index (χ0) is 12.3. The van der Waals surface area contributed by atoms with Gasteiger partial charge in [0.15, 0.2) is 0 Å². The van der Waals surface area contributed by atoms with Crippen molar-refractivity contribution in [1.29, 1.82) is 0 Å². The summed E-state index contributed by atoms with van der Waals surface area (Å²) < 4.78 is 0. The molecule has 0 saturated carbocycles. The van der Waals surface area contributed by atoms with E-state index in [1.165, 1.54) is 13.0 Å². The third-order valence-corrected chi connectivity index (χ3v) is 3.97. The van der Waals surface area contributed by atoms with Crippen molar-refractivity contribution in [3.8, 4) is 0 Å². The summed E-state index contributed by atoms with van der Waals surface area (Å²) in [7, 11) is 0. The Kier molecular flexibility index (Phi) is 4.81. The maximum Gasteiger partial charge on any atom is 0.0252 e. The average Bonchev–Trinajstić information content (AvgIpc) is 2.12. The molecule has 1 heterocycles. The van der Waals surface area contributed by atoms with E-state index < -0.39 is 0 Å². The largest absolute Gasteiger partial charge is 0.311 e. The molecule has 16 heavy (non-hydrogen) atoms. The predicted octanol–water partition coefficient (Wildman–Crippen LogP) is 2.74. The molecule has 0 aromatic rings. The van der Waals surface area contributed by atoms with E-state index in [4.69, 9.17) is 0 Å². The van der Waals surface area contributed by atoms with Crippen molar-refractivity contribution in [3.63, 3.8) is 0 Å². The summed E-state index contributed by atoms with van der Waals surface area (Å²) in [5, 5.41) is 3.58. The van der Waals surface area contributed by atoms with E-state index in [0.29, 0.717) is 0 Å². The maximum atomic E-state index is 3.58. The Morgan fingerprint density at radius 1 is 1.25 bits per heavy atom. The van der Waals surface area contributed by atoms with E-state index in [2.05, 4.69) is 51.8 Å². The molecule has 0 bridgehead atoms. The second-order valence-corrected chi connectivity index (χ2v) is 6.40. The van der Waals surface area contributed by atoms with E-state index in [1.807, 2.05) is 0 Å². The molecule has 1 fully saturated rings. The number of hydrogen-bond donors (Lipinski definition) is 1. The molecule has 3 atom stereocenters. The molecule has 96 valence electrons. The van der Waals surface area contributed by atoms with Gasteiger partial charge in [0, 0.05) is 24.7 Å². The molecule has 0 aromatic carbocycles. The molecule has 0 aromatic heterocycles. The van der Waals surface area contributed by atoms with Crippen molar-refractivity contribution in [3.05, 3.63) is 0 Å². The third-order valence-electron chi connectivity index (χ3n) is 3.97. The zero-order valence-corrected chi connectivity index (χ0v) is 12.0. The first kappa shape index (κ1) is 14.0. The van der Waals surface area contributed by atoms with Gasteiger partial charge in [-0.05, 0) is 45.6 Å². The Morgan fingerprint density at radius 3 is 2.44 bits per heavy atom. The number of rotatable bonds is 4. The molecule has 0 radical (unpaired) electrons.